The van der Waals surface area contributed by atoms with Crippen LogP contribution in [0.2, 0.25) is 0 Å². The van der Waals surface area contributed by atoms with Crippen molar-refractivity contribution >= 4 is 6.09 Å². The smallest absolute Gasteiger partial charge is 0.411 e. The topological polar surface area (TPSA) is 88.4 Å². The summed E-state index contributed by atoms with van der Waals surface area (Å²) in [6.07, 6.45) is 2.52. The van der Waals surface area contributed by atoms with Gasteiger partial charge in [0.2, 0.25) is 5.56 Å². The molecule has 3 aromatic rings. The highest BCUT2D eigenvalue weighted by atomic mass is 16.6. The van der Waals surface area contributed by atoms with Crippen LogP contribution in [-0.4, -0.2) is 28.1 Å². The van der Waals surface area contributed by atoms with Crippen LogP contribution in [0.1, 0.15) is 50.8 Å². The van der Waals surface area contributed by atoms with Crippen molar-refractivity contribution in [1.29, 1.82) is 0 Å². The normalized spacial score (nSPS) is 19.8. The minimum absolute atomic E-state index is 0.136. The van der Waals surface area contributed by atoms with Gasteiger partial charge in [0.1, 0.15) is 5.60 Å². The molecular formula is C27H31N3O3. The summed E-state index contributed by atoms with van der Waals surface area (Å²) in [5.41, 5.74) is 8.79. The van der Waals surface area contributed by atoms with Crippen LogP contribution in [0.5, 0.6) is 0 Å². The second kappa shape index (κ2) is 8.87. The summed E-state index contributed by atoms with van der Waals surface area (Å²) >= 11 is 0. The number of carbonyl (C=O) groups is 1. The average Bonchev–Trinajstić information content (AvgIpc) is 2.78. The molecule has 6 nitrogen and oxygen atoms in total. The number of H-pyrrole nitrogens is 1. The number of cyclic esters (lactones) is 1. The number of carbonyl (C=O) groups excluding carboxylic acids is 1. The van der Waals surface area contributed by atoms with E-state index in [4.69, 9.17) is 10.5 Å². The Morgan fingerprint density at radius 3 is 2.36 bits per heavy atom. The number of rotatable bonds is 6. The number of benzene rings is 2. The Morgan fingerprint density at radius 2 is 1.76 bits per heavy atom. The van der Waals surface area contributed by atoms with E-state index in [1.165, 1.54) is 0 Å². The molecule has 4 rings (SSSR count). The maximum atomic E-state index is 13.2. The van der Waals surface area contributed by atoms with Gasteiger partial charge in [-0.2, -0.15) is 0 Å². The molecule has 2 aromatic carbocycles. The number of ether oxygens (including phenoxy) is 1. The lowest BCUT2D eigenvalue weighted by Gasteiger charge is -2.45. The molecule has 2 atom stereocenters. The first-order valence-electron chi connectivity index (χ1n) is 11.3. The minimum atomic E-state index is -0.739. The summed E-state index contributed by atoms with van der Waals surface area (Å²) in [6.45, 7) is 6.50. The first-order valence-corrected chi connectivity index (χ1v) is 11.3. The van der Waals surface area contributed by atoms with Gasteiger partial charge in [-0.05, 0) is 49.1 Å². The zero-order valence-electron chi connectivity index (χ0n) is 19.4. The molecule has 3 N–H and O–H groups in total. The summed E-state index contributed by atoms with van der Waals surface area (Å²) < 4.78 is 6.17. The van der Waals surface area contributed by atoms with Crippen molar-refractivity contribution in [2.75, 3.05) is 6.54 Å². The van der Waals surface area contributed by atoms with Crippen molar-refractivity contribution in [3.8, 4) is 11.1 Å². The van der Waals surface area contributed by atoms with Gasteiger partial charge in [0.25, 0.3) is 0 Å². The molecule has 1 aliphatic heterocycles. The van der Waals surface area contributed by atoms with E-state index in [9.17, 15) is 9.59 Å². The van der Waals surface area contributed by atoms with Crippen LogP contribution in [-0.2, 0) is 10.3 Å². The fraction of sp³-hybridized carbons (Fsp3) is 0.333. The Kier molecular flexibility index (Phi) is 6.13. The Labute approximate surface area is 194 Å². The Bertz CT molecular complexity index is 1170. The molecule has 1 amide bonds. The lowest BCUT2D eigenvalue weighted by atomic mass is 9.79. The van der Waals surface area contributed by atoms with Crippen LogP contribution in [0.25, 0.3) is 11.1 Å². The SMILES string of the molecule is C[C@@H](c1ccc(-c2cc[nH]c(=O)c2)cc1)N1CC[C@](CC(C)(C)N)(c2ccccc2)OC1=O. The van der Waals surface area contributed by atoms with Crippen LogP contribution >= 0.6 is 0 Å². The Hall–Kier alpha value is -3.38. The molecule has 2 heterocycles. The standard InChI is InChI=1S/C27H31N3O3/c1-19(20-9-11-21(12-10-20)22-13-15-29-24(31)17-22)30-16-14-27(33-25(30)32,18-26(2,3)28)23-7-5-4-6-8-23/h4-13,15,17,19H,14,16,18,28H2,1-3H3,(H,29,31)/t19-,27-/m0/s1. The quantitative estimate of drug-likeness (QED) is 0.561. The van der Waals surface area contributed by atoms with Gasteiger partial charge in [-0.3, -0.25) is 4.79 Å². The lowest BCUT2D eigenvalue weighted by molar-refractivity contribution is -0.0738. The molecule has 6 heteroatoms. The van der Waals surface area contributed by atoms with Gasteiger partial charge >= 0.3 is 6.09 Å². The monoisotopic (exact) mass is 445 g/mol. The second-order valence-electron chi connectivity index (χ2n) is 9.58. The molecule has 1 saturated heterocycles. The molecule has 0 spiro atoms. The van der Waals surface area contributed by atoms with Gasteiger partial charge < -0.3 is 20.4 Å². The van der Waals surface area contributed by atoms with Crippen LogP contribution in [0.15, 0.2) is 77.7 Å². The Morgan fingerprint density at radius 1 is 1.06 bits per heavy atom. The maximum absolute atomic E-state index is 13.2. The van der Waals surface area contributed by atoms with E-state index in [2.05, 4.69) is 4.98 Å². The van der Waals surface area contributed by atoms with Crippen molar-refractivity contribution < 1.29 is 9.53 Å². The van der Waals surface area contributed by atoms with Gasteiger partial charge in [-0.15, -0.1) is 0 Å². The van der Waals surface area contributed by atoms with Crippen molar-refractivity contribution in [3.63, 3.8) is 0 Å². The highest BCUT2D eigenvalue weighted by molar-refractivity contribution is 5.70. The predicted octanol–water partition coefficient (Wildman–Crippen LogP) is 4.97. The third-order valence-electron chi connectivity index (χ3n) is 6.28. The number of nitrogens with two attached hydrogens (primary N) is 1. The molecule has 0 bridgehead atoms. The number of aromatic amines is 1. The first kappa shape index (κ1) is 22.8. The highest BCUT2D eigenvalue weighted by Crippen LogP contribution is 2.41. The number of nitrogens with one attached hydrogen (secondary N) is 1. The van der Waals surface area contributed by atoms with E-state index in [0.717, 1.165) is 22.3 Å². The molecule has 1 fully saturated rings. The maximum Gasteiger partial charge on any atom is 0.411 e. The zero-order valence-corrected chi connectivity index (χ0v) is 19.4. The van der Waals surface area contributed by atoms with Crippen molar-refractivity contribution in [3.05, 3.63) is 94.4 Å². The fourth-order valence-electron chi connectivity index (χ4n) is 4.69. The van der Waals surface area contributed by atoms with Gasteiger partial charge in [0.05, 0.1) is 6.04 Å². The van der Waals surface area contributed by atoms with E-state index in [1.807, 2.05) is 81.4 Å². The number of nitrogens with zero attached hydrogens (tertiary/aromatic N) is 1. The largest absolute Gasteiger partial charge is 0.438 e. The van der Waals surface area contributed by atoms with Crippen LogP contribution in [0, 0.1) is 0 Å². The van der Waals surface area contributed by atoms with E-state index in [1.54, 1.807) is 17.2 Å². The second-order valence-corrected chi connectivity index (χ2v) is 9.58. The fourth-order valence-corrected chi connectivity index (χ4v) is 4.69. The average molecular weight is 446 g/mol. The summed E-state index contributed by atoms with van der Waals surface area (Å²) in [5.74, 6) is 0. The van der Waals surface area contributed by atoms with Crippen molar-refractivity contribution in [2.45, 2.75) is 50.8 Å². The third-order valence-corrected chi connectivity index (χ3v) is 6.28. The van der Waals surface area contributed by atoms with E-state index >= 15 is 0 Å². The van der Waals surface area contributed by atoms with Gasteiger partial charge in [-0.25, -0.2) is 4.79 Å². The van der Waals surface area contributed by atoms with Crippen molar-refractivity contribution in [1.82, 2.24) is 9.88 Å². The van der Waals surface area contributed by atoms with E-state index in [0.29, 0.717) is 19.4 Å². The van der Waals surface area contributed by atoms with Gasteiger partial charge in [0, 0.05) is 37.2 Å². The van der Waals surface area contributed by atoms with E-state index in [-0.39, 0.29) is 17.7 Å². The van der Waals surface area contributed by atoms with Gasteiger partial charge in [0.15, 0.2) is 0 Å². The molecule has 0 unspecified atom stereocenters. The molecule has 1 aromatic heterocycles. The summed E-state index contributed by atoms with van der Waals surface area (Å²) in [6, 6.07) is 21.1. The summed E-state index contributed by atoms with van der Waals surface area (Å²) in [7, 11) is 0. The molecule has 172 valence electrons. The number of aromatic nitrogens is 1. The molecule has 1 aliphatic rings. The predicted molar refractivity (Wildman–Crippen MR) is 130 cm³/mol. The lowest BCUT2D eigenvalue weighted by Crippen LogP contribution is -2.52. The van der Waals surface area contributed by atoms with E-state index < -0.39 is 11.1 Å². The molecular weight excluding hydrogens is 414 g/mol. The minimum Gasteiger partial charge on any atom is -0.438 e. The third kappa shape index (κ3) is 5.01. The van der Waals surface area contributed by atoms with Crippen LogP contribution < -0.4 is 11.3 Å². The van der Waals surface area contributed by atoms with Gasteiger partial charge in [-0.1, -0.05) is 54.6 Å². The van der Waals surface area contributed by atoms with Crippen LogP contribution in [0.3, 0.4) is 0 Å². The zero-order chi connectivity index (χ0) is 23.6. The summed E-state index contributed by atoms with van der Waals surface area (Å²) in [4.78, 5) is 29.2. The molecule has 0 aliphatic carbocycles. The Balaban J connectivity index is 1.54. The highest BCUT2D eigenvalue weighted by Gasteiger charge is 2.45. The number of hydrogen-bond acceptors (Lipinski definition) is 4. The summed E-state index contributed by atoms with van der Waals surface area (Å²) in [5, 5.41) is 0. The number of pyridine rings is 1. The number of amides is 1. The van der Waals surface area contributed by atoms with Crippen molar-refractivity contribution in [2.24, 2.45) is 5.73 Å². The number of hydrogen-bond donors (Lipinski definition) is 2. The van der Waals surface area contributed by atoms with Crippen LogP contribution in [0.4, 0.5) is 4.79 Å². The molecule has 33 heavy (non-hydrogen) atoms. The molecule has 0 saturated carbocycles. The first-order chi connectivity index (χ1) is 15.7. The molecule has 0 radical (unpaired) electrons.